The quantitative estimate of drug-likeness (QED) is 0.377. The summed E-state index contributed by atoms with van der Waals surface area (Å²) in [5, 5.41) is 24.0. The van der Waals surface area contributed by atoms with Crippen molar-refractivity contribution in [3.63, 3.8) is 0 Å². The highest BCUT2D eigenvalue weighted by Crippen LogP contribution is 2.29. The van der Waals surface area contributed by atoms with Crippen molar-refractivity contribution in [3.8, 4) is 0 Å². The first-order valence-corrected chi connectivity index (χ1v) is 7.98. The number of nitrogens with zero attached hydrogens (tertiary/aromatic N) is 3. The van der Waals surface area contributed by atoms with Crippen LogP contribution in [-0.2, 0) is 14.3 Å². The van der Waals surface area contributed by atoms with Crippen LogP contribution in [0.3, 0.4) is 0 Å². The summed E-state index contributed by atoms with van der Waals surface area (Å²) in [5.41, 5.74) is 8.84. The van der Waals surface area contributed by atoms with Crippen molar-refractivity contribution in [1.29, 1.82) is 0 Å². The van der Waals surface area contributed by atoms with Crippen LogP contribution in [0.4, 0.5) is 0 Å². The highest BCUT2D eigenvalue weighted by Gasteiger charge is 2.45. The number of hydrogen-bond donors (Lipinski definition) is 4. The first-order chi connectivity index (χ1) is 11.8. The first-order valence-electron chi connectivity index (χ1n) is 7.98. The molecule has 6 atom stereocenters. The van der Waals surface area contributed by atoms with E-state index in [4.69, 9.17) is 15.2 Å². The summed E-state index contributed by atoms with van der Waals surface area (Å²) in [6.07, 6.45) is -2.73. The summed E-state index contributed by atoms with van der Waals surface area (Å²) in [7, 11) is 0. The van der Waals surface area contributed by atoms with Crippen molar-refractivity contribution >= 4 is 11.9 Å². The molecule has 1 aromatic rings. The maximum atomic E-state index is 12.0. The monoisotopic (exact) mass is 358 g/mol. The number of rotatable bonds is 7. The minimum Gasteiger partial charge on any atom is -0.458 e. The van der Waals surface area contributed by atoms with Gasteiger partial charge in [0.25, 0.3) is 5.91 Å². The normalized spacial score (nSPS) is 28.5. The number of ether oxygens (including phenoxy) is 2. The van der Waals surface area contributed by atoms with Crippen molar-refractivity contribution < 1.29 is 35.0 Å². The lowest BCUT2D eigenvalue weighted by Crippen LogP contribution is -2.68. The lowest BCUT2D eigenvalue weighted by atomic mass is 10.0. The van der Waals surface area contributed by atoms with Gasteiger partial charge in [0.05, 0.1) is 0 Å². The zero-order valence-corrected chi connectivity index (χ0v) is 14.1. The Morgan fingerprint density at radius 1 is 1.48 bits per heavy atom. The molecule has 1 unspecified atom stereocenters. The van der Waals surface area contributed by atoms with Crippen molar-refractivity contribution in [3.05, 3.63) is 12.2 Å². The molecule has 25 heavy (non-hydrogen) atoms. The molecule has 1 amide bonds. The molecule has 1 saturated heterocycles. The van der Waals surface area contributed by atoms with Crippen molar-refractivity contribution in [1.82, 2.24) is 14.8 Å². The van der Waals surface area contributed by atoms with Crippen LogP contribution in [-0.4, -0.2) is 67.8 Å². The topological polar surface area (TPSA) is 177 Å². The van der Waals surface area contributed by atoms with Crippen LogP contribution in [0.15, 0.2) is 6.33 Å². The number of nitrogens with two attached hydrogens (primary N) is 1. The number of carbonyl (C=O) groups is 2. The van der Waals surface area contributed by atoms with E-state index in [0.29, 0.717) is 0 Å². The lowest BCUT2D eigenvalue weighted by Gasteiger charge is -2.17. The molecule has 11 nitrogen and oxygen atoms in total. The Balaban J connectivity index is 1.97. The molecule has 0 aliphatic carbocycles. The molecule has 2 heterocycles. The molecule has 7 N–H and O–H groups in total. The van der Waals surface area contributed by atoms with E-state index in [1.807, 2.05) is 13.8 Å². The fraction of sp³-hybridized carbons (Fsp3) is 0.714. The zero-order valence-electron chi connectivity index (χ0n) is 14.1. The van der Waals surface area contributed by atoms with Gasteiger partial charge in [0.15, 0.2) is 12.3 Å². The molecular formula is C14H24N5O6+. The number of esters is 1. The largest absolute Gasteiger partial charge is 0.458 e. The van der Waals surface area contributed by atoms with E-state index >= 15 is 0 Å². The predicted molar refractivity (Wildman–Crippen MR) is 81.6 cm³/mol. The number of aromatic nitrogens is 3. The van der Waals surface area contributed by atoms with Crippen LogP contribution < -0.4 is 11.5 Å². The van der Waals surface area contributed by atoms with Gasteiger partial charge in [0.1, 0.15) is 31.2 Å². The molecule has 0 radical (unpaired) electrons. The number of aliphatic hydroxyl groups excluding tert-OH is 2. The standard InChI is InChI=1S/C14H23N5O6/c1-3-6(2)8(15)14(23)24-4-7-9(20)10(21)13(25-7)19-5-17-12(18-19)11(16)22/h5-10,13,20-21H,3-4,15H2,1-2H3,(H2,16,22)/p+1/t6-,7+,8-,9?,10+,13+/m0/s1. The van der Waals surface area contributed by atoms with Crippen molar-refractivity contribution in [2.45, 2.75) is 50.8 Å². The zero-order chi connectivity index (χ0) is 18.7. The number of carbonyl (C=O) groups excluding carboxylic acids is 2. The highest BCUT2D eigenvalue weighted by molar-refractivity contribution is 5.88. The smallest absolute Gasteiger partial charge is 0.365 e. The van der Waals surface area contributed by atoms with E-state index in [1.54, 1.807) is 0 Å². The van der Waals surface area contributed by atoms with Gasteiger partial charge in [0.2, 0.25) is 5.82 Å². The van der Waals surface area contributed by atoms with Crippen LogP contribution in [0.2, 0.25) is 0 Å². The molecule has 1 fully saturated rings. The van der Waals surface area contributed by atoms with Gasteiger partial charge in [-0.1, -0.05) is 13.8 Å². The summed E-state index contributed by atoms with van der Waals surface area (Å²) in [4.78, 5) is 26.7. The van der Waals surface area contributed by atoms with E-state index in [0.717, 1.165) is 17.4 Å². The second kappa shape index (κ2) is 7.87. The van der Waals surface area contributed by atoms with Crippen LogP contribution in [0.1, 0.15) is 37.1 Å². The van der Waals surface area contributed by atoms with E-state index < -0.39 is 42.5 Å². The van der Waals surface area contributed by atoms with Gasteiger partial charge in [-0.25, -0.2) is 14.5 Å². The van der Waals surface area contributed by atoms with Gasteiger partial charge in [-0.3, -0.25) is 4.79 Å². The van der Waals surface area contributed by atoms with Gasteiger partial charge in [-0.2, -0.15) is 0 Å². The minimum absolute atomic E-state index is 0.0580. The number of aliphatic hydroxyl groups is 2. The van der Waals surface area contributed by atoms with Crippen LogP contribution >= 0.6 is 0 Å². The van der Waals surface area contributed by atoms with Gasteiger partial charge >= 0.3 is 5.97 Å². The summed E-state index contributed by atoms with van der Waals surface area (Å²) < 4.78 is 11.7. The minimum atomic E-state index is -1.34. The Kier molecular flexibility index (Phi) is 6.06. The molecule has 140 valence electrons. The SMILES string of the molecule is CC[C@H](C)[C@H]([NH3+])C(=O)OC[C@H]1O[C@@H](n2cnc(C(N)=O)n2)[C@H](O)C1O. The Labute approximate surface area is 143 Å². The average Bonchev–Trinajstić information content (AvgIpc) is 3.18. The molecule has 0 saturated carbocycles. The van der Waals surface area contributed by atoms with E-state index in [-0.39, 0.29) is 18.3 Å². The van der Waals surface area contributed by atoms with Gasteiger partial charge in [-0.05, 0) is 6.42 Å². The third-order valence-corrected chi connectivity index (χ3v) is 4.35. The van der Waals surface area contributed by atoms with Crippen molar-refractivity contribution in [2.75, 3.05) is 6.61 Å². The molecule has 0 bridgehead atoms. The number of amides is 1. The van der Waals surface area contributed by atoms with E-state index in [2.05, 4.69) is 15.8 Å². The molecule has 1 aromatic heterocycles. The Bertz CT molecular complexity index is 623. The Morgan fingerprint density at radius 3 is 2.72 bits per heavy atom. The van der Waals surface area contributed by atoms with Gasteiger partial charge < -0.3 is 31.2 Å². The lowest BCUT2D eigenvalue weighted by molar-refractivity contribution is -0.420. The molecule has 0 spiro atoms. The molecular weight excluding hydrogens is 334 g/mol. The fourth-order valence-electron chi connectivity index (χ4n) is 2.38. The maximum Gasteiger partial charge on any atom is 0.365 e. The summed E-state index contributed by atoms with van der Waals surface area (Å²) in [6, 6.07) is -0.530. The first kappa shape index (κ1) is 19.2. The third-order valence-electron chi connectivity index (χ3n) is 4.35. The molecule has 0 aromatic carbocycles. The van der Waals surface area contributed by atoms with Crippen LogP contribution in [0.5, 0.6) is 0 Å². The van der Waals surface area contributed by atoms with Crippen molar-refractivity contribution in [2.24, 2.45) is 11.7 Å². The summed E-state index contributed by atoms with van der Waals surface area (Å²) in [5.74, 6) is -1.51. The predicted octanol–water partition coefficient (Wildman–Crippen LogP) is -2.80. The Morgan fingerprint density at radius 2 is 2.16 bits per heavy atom. The highest BCUT2D eigenvalue weighted by atomic mass is 16.6. The van der Waals surface area contributed by atoms with E-state index in [1.165, 1.54) is 0 Å². The maximum absolute atomic E-state index is 12.0. The second-order valence-electron chi connectivity index (χ2n) is 6.08. The summed E-state index contributed by atoms with van der Waals surface area (Å²) in [6.45, 7) is 3.59. The number of hydrogen-bond acceptors (Lipinski definition) is 8. The molecule has 1 aliphatic heterocycles. The summed E-state index contributed by atoms with van der Waals surface area (Å²) >= 11 is 0. The Hall–Kier alpha value is -2.08. The van der Waals surface area contributed by atoms with E-state index in [9.17, 15) is 19.8 Å². The average molecular weight is 358 g/mol. The van der Waals surface area contributed by atoms with Gasteiger partial charge in [0, 0.05) is 5.92 Å². The van der Waals surface area contributed by atoms with Crippen LogP contribution in [0, 0.1) is 5.92 Å². The third kappa shape index (κ3) is 4.12. The number of primary amides is 1. The second-order valence-corrected chi connectivity index (χ2v) is 6.08. The molecule has 2 rings (SSSR count). The van der Waals surface area contributed by atoms with Gasteiger partial charge in [-0.15, -0.1) is 5.10 Å². The molecule has 1 aliphatic rings. The number of quaternary nitrogens is 1. The fourth-order valence-corrected chi connectivity index (χ4v) is 2.38. The van der Waals surface area contributed by atoms with Crippen LogP contribution in [0.25, 0.3) is 0 Å². The molecule has 11 heteroatoms.